The van der Waals surface area contributed by atoms with Crippen LogP contribution in [0.4, 0.5) is 17.1 Å². The Bertz CT molecular complexity index is 1520. The van der Waals surface area contributed by atoms with Gasteiger partial charge in [0.15, 0.2) is 0 Å². The van der Waals surface area contributed by atoms with Crippen molar-refractivity contribution < 1.29 is 9.59 Å². The first-order valence-corrected chi connectivity index (χ1v) is 12.9. The lowest BCUT2D eigenvalue weighted by Crippen LogP contribution is -2.36. The molecule has 4 aromatic rings. The third kappa shape index (κ3) is 5.85. The topological polar surface area (TPSA) is 77.6 Å². The molecule has 1 aliphatic heterocycles. The number of benzene rings is 3. The van der Waals surface area contributed by atoms with Crippen LogP contribution in [-0.4, -0.2) is 48.9 Å². The number of pyridine rings is 1. The number of rotatable bonds is 8. The van der Waals surface area contributed by atoms with E-state index in [0.29, 0.717) is 40.6 Å². The molecule has 39 heavy (non-hydrogen) atoms. The monoisotopic (exact) mass is 537 g/mol. The first-order valence-electron chi connectivity index (χ1n) is 12.6. The Kier molecular flexibility index (Phi) is 7.72. The van der Waals surface area contributed by atoms with E-state index in [9.17, 15) is 9.59 Å². The van der Waals surface area contributed by atoms with Crippen molar-refractivity contribution in [1.29, 1.82) is 0 Å². The molecule has 5 rings (SSSR count). The fourth-order valence-corrected chi connectivity index (χ4v) is 4.62. The van der Waals surface area contributed by atoms with E-state index in [1.807, 2.05) is 79.7 Å². The van der Waals surface area contributed by atoms with Crippen LogP contribution >= 0.6 is 11.6 Å². The minimum absolute atomic E-state index is 0.0926. The van der Waals surface area contributed by atoms with Crippen molar-refractivity contribution >= 4 is 51.7 Å². The third-order valence-corrected chi connectivity index (χ3v) is 6.67. The van der Waals surface area contributed by atoms with Crippen molar-refractivity contribution in [2.45, 2.75) is 0 Å². The number of nitrogens with one attached hydrogen (secondary N) is 2. The number of carbonyl (C=O) groups excluding carboxylic acids is 2. The zero-order valence-corrected chi connectivity index (χ0v) is 22.4. The molecule has 0 fully saturated rings. The molecule has 0 saturated heterocycles. The molecular formula is C31H28ClN5O2. The Morgan fingerprint density at radius 3 is 2.31 bits per heavy atom. The predicted octanol–water partition coefficient (Wildman–Crippen LogP) is 5.88. The summed E-state index contributed by atoms with van der Waals surface area (Å²) in [7, 11) is 3.96. The Morgan fingerprint density at radius 1 is 0.897 bits per heavy atom. The summed E-state index contributed by atoms with van der Waals surface area (Å²) in [6.45, 7) is 1.24. The molecule has 0 saturated carbocycles. The van der Waals surface area contributed by atoms with Crippen LogP contribution in [0.2, 0.25) is 5.02 Å². The number of anilines is 3. The third-order valence-electron chi connectivity index (χ3n) is 6.43. The average molecular weight is 538 g/mol. The first kappa shape index (κ1) is 26.2. The van der Waals surface area contributed by atoms with Crippen molar-refractivity contribution in [3.63, 3.8) is 0 Å². The highest BCUT2D eigenvalue weighted by Gasteiger charge is 2.28. The highest BCUT2D eigenvalue weighted by molar-refractivity contribution is 6.38. The van der Waals surface area contributed by atoms with Crippen LogP contribution in [-0.2, 0) is 4.79 Å². The van der Waals surface area contributed by atoms with Gasteiger partial charge in [0.1, 0.15) is 0 Å². The number of hydrogen-bond acceptors (Lipinski definition) is 5. The lowest BCUT2D eigenvalue weighted by atomic mass is 10.00. The van der Waals surface area contributed by atoms with E-state index in [1.54, 1.807) is 41.6 Å². The molecule has 0 radical (unpaired) electrons. The molecule has 2 amide bonds. The second-order valence-electron chi connectivity index (χ2n) is 9.43. The number of nitrogens with zero attached hydrogens (tertiary/aromatic N) is 3. The molecule has 2 N–H and O–H groups in total. The van der Waals surface area contributed by atoms with Crippen molar-refractivity contribution in [3.8, 4) is 0 Å². The summed E-state index contributed by atoms with van der Waals surface area (Å²) in [6.07, 6.45) is 3.24. The van der Waals surface area contributed by atoms with Gasteiger partial charge in [0, 0.05) is 53.0 Å². The van der Waals surface area contributed by atoms with Gasteiger partial charge in [-0.1, -0.05) is 48.0 Å². The molecule has 1 aromatic heterocycles. The summed E-state index contributed by atoms with van der Waals surface area (Å²) >= 11 is 6.17. The first-order chi connectivity index (χ1) is 18.9. The molecule has 7 nitrogen and oxygen atoms in total. The van der Waals surface area contributed by atoms with Crippen molar-refractivity contribution in [2.24, 2.45) is 0 Å². The summed E-state index contributed by atoms with van der Waals surface area (Å²) < 4.78 is 0. The minimum atomic E-state index is -0.201. The largest absolute Gasteiger partial charge is 0.354 e. The maximum atomic E-state index is 13.4. The number of fused-ring (bicyclic) bond motifs is 1. The molecule has 0 spiro atoms. The summed E-state index contributed by atoms with van der Waals surface area (Å²) in [5.74, 6) is -0.294. The Hall–Kier alpha value is -4.46. The van der Waals surface area contributed by atoms with E-state index in [1.165, 1.54) is 0 Å². The Labute approximate surface area is 232 Å². The number of halogens is 1. The van der Waals surface area contributed by atoms with Crippen LogP contribution < -0.4 is 15.5 Å². The molecule has 8 heteroatoms. The molecule has 0 bridgehead atoms. The summed E-state index contributed by atoms with van der Waals surface area (Å²) in [5, 5.41) is 6.95. The maximum absolute atomic E-state index is 13.4. The van der Waals surface area contributed by atoms with E-state index >= 15 is 0 Å². The van der Waals surface area contributed by atoms with E-state index < -0.39 is 0 Å². The van der Waals surface area contributed by atoms with Crippen LogP contribution in [0.5, 0.6) is 0 Å². The molecular weight excluding hydrogens is 510 g/mol. The van der Waals surface area contributed by atoms with Crippen LogP contribution in [0.15, 0.2) is 97.3 Å². The Morgan fingerprint density at radius 2 is 1.62 bits per heavy atom. The van der Waals surface area contributed by atoms with Gasteiger partial charge in [-0.2, -0.15) is 0 Å². The van der Waals surface area contributed by atoms with E-state index in [0.717, 1.165) is 22.5 Å². The van der Waals surface area contributed by atoms with Crippen LogP contribution in [0, 0.1) is 0 Å². The van der Waals surface area contributed by atoms with Gasteiger partial charge in [-0.15, -0.1) is 0 Å². The predicted molar refractivity (Wildman–Crippen MR) is 158 cm³/mol. The zero-order chi connectivity index (χ0) is 27.4. The van der Waals surface area contributed by atoms with Gasteiger partial charge in [-0.3, -0.25) is 14.6 Å². The molecule has 2 heterocycles. The van der Waals surface area contributed by atoms with Crippen LogP contribution in [0.1, 0.15) is 21.5 Å². The molecule has 1 aliphatic rings. The van der Waals surface area contributed by atoms with Crippen molar-refractivity contribution in [1.82, 2.24) is 9.88 Å². The van der Waals surface area contributed by atoms with E-state index in [2.05, 4.69) is 15.6 Å². The van der Waals surface area contributed by atoms with E-state index in [4.69, 9.17) is 11.6 Å². The van der Waals surface area contributed by atoms with Gasteiger partial charge < -0.3 is 20.4 Å². The summed E-state index contributed by atoms with van der Waals surface area (Å²) in [4.78, 5) is 34.3. The van der Waals surface area contributed by atoms with Gasteiger partial charge in [-0.25, -0.2) is 0 Å². The SMILES string of the molecule is CN(C)CCN(C(=O)c1ccncc1)c1ccc(NC(=C2C(=O)Nc3cc(Cl)ccc32)c2ccccc2)cc1. The van der Waals surface area contributed by atoms with Gasteiger partial charge >= 0.3 is 0 Å². The van der Waals surface area contributed by atoms with Gasteiger partial charge in [0.25, 0.3) is 11.8 Å². The average Bonchev–Trinajstić information content (AvgIpc) is 3.27. The molecule has 3 aromatic carbocycles. The van der Waals surface area contributed by atoms with Crippen molar-refractivity contribution in [3.05, 3.63) is 119 Å². The van der Waals surface area contributed by atoms with Crippen molar-refractivity contribution in [2.75, 3.05) is 42.7 Å². The molecule has 0 atom stereocenters. The zero-order valence-electron chi connectivity index (χ0n) is 21.7. The number of hydrogen-bond donors (Lipinski definition) is 2. The lowest BCUT2D eigenvalue weighted by molar-refractivity contribution is -0.110. The van der Waals surface area contributed by atoms with Crippen LogP contribution in [0.3, 0.4) is 0 Å². The summed E-state index contributed by atoms with van der Waals surface area (Å²) in [6, 6.07) is 26.2. The Balaban J connectivity index is 1.49. The normalized spacial score (nSPS) is 13.6. The summed E-state index contributed by atoms with van der Waals surface area (Å²) in [5.41, 5.74) is 5.69. The number of aromatic nitrogens is 1. The lowest BCUT2D eigenvalue weighted by Gasteiger charge is -2.25. The fraction of sp³-hybridized carbons (Fsp3) is 0.129. The number of likely N-dealkylation sites (N-methyl/N-ethyl adjacent to an activating group) is 1. The fourth-order valence-electron chi connectivity index (χ4n) is 4.44. The molecule has 0 aliphatic carbocycles. The van der Waals surface area contributed by atoms with Crippen LogP contribution in [0.25, 0.3) is 11.3 Å². The quantitative estimate of drug-likeness (QED) is 0.275. The smallest absolute Gasteiger partial charge is 0.258 e. The second kappa shape index (κ2) is 11.5. The molecule has 196 valence electrons. The number of amides is 2. The molecule has 0 unspecified atom stereocenters. The van der Waals surface area contributed by atoms with Gasteiger partial charge in [-0.05, 0) is 68.2 Å². The second-order valence-corrected chi connectivity index (χ2v) is 9.86. The maximum Gasteiger partial charge on any atom is 0.258 e. The standard InChI is InChI=1S/C31H28ClN5O2/c1-36(2)18-19-37(31(39)22-14-16-33-17-15-22)25-11-9-24(10-12-25)34-29(21-6-4-3-5-7-21)28-26-13-8-23(32)20-27(26)35-30(28)38/h3-17,20,34H,18-19H2,1-2H3,(H,35,38). The highest BCUT2D eigenvalue weighted by atomic mass is 35.5. The minimum Gasteiger partial charge on any atom is -0.354 e. The van der Waals surface area contributed by atoms with Gasteiger partial charge in [0.2, 0.25) is 0 Å². The van der Waals surface area contributed by atoms with E-state index in [-0.39, 0.29) is 11.8 Å². The highest BCUT2D eigenvalue weighted by Crippen LogP contribution is 2.38. The number of carbonyl (C=O) groups is 2. The van der Waals surface area contributed by atoms with Gasteiger partial charge in [0.05, 0.1) is 17.0 Å².